The second-order valence-electron chi connectivity index (χ2n) is 4.67. The van der Waals surface area contributed by atoms with Gasteiger partial charge in [0.2, 0.25) is 11.9 Å². The highest BCUT2D eigenvalue weighted by Crippen LogP contribution is 2.30. The normalized spacial score (nSPS) is 10.8. The average molecular weight is 328 g/mol. The van der Waals surface area contributed by atoms with Crippen LogP contribution >= 0.6 is 23.2 Å². The SMILES string of the molecule is Cc1cc(Cl)c(Nc2nc(N)nc(OC(C)C)n2)cc1Cl. The molecule has 0 aliphatic carbocycles. The number of halogens is 2. The molecule has 0 aliphatic rings. The number of aryl methyl sites for hydroxylation is 1. The van der Waals surface area contributed by atoms with Crippen molar-refractivity contribution in [1.82, 2.24) is 15.0 Å². The molecule has 21 heavy (non-hydrogen) atoms. The maximum absolute atomic E-state index is 6.16. The summed E-state index contributed by atoms with van der Waals surface area (Å²) in [4.78, 5) is 12.0. The van der Waals surface area contributed by atoms with Crippen molar-refractivity contribution in [3.8, 4) is 6.01 Å². The van der Waals surface area contributed by atoms with E-state index in [4.69, 9.17) is 33.7 Å². The van der Waals surface area contributed by atoms with Gasteiger partial charge in [0.15, 0.2) is 0 Å². The number of anilines is 3. The molecule has 0 fully saturated rings. The van der Waals surface area contributed by atoms with Crippen LogP contribution in [0.3, 0.4) is 0 Å². The summed E-state index contributed by atoms with van der Waals surface area (Å²) in [6, 6.07) is 3.60. The Kier molecular flexibility index (Phi) is 4.69. The zero-order valence-corrected chi connectivity index (χ0v) is 13.3. The predicted molar refractivity (Wildman–Crippen MR) is 84.5 cm³/mol. The Hall–Kier alpha value is -1.79. The summed E-state index contributed by atoms with van der Waals surface area (Å²) in [5.41, 5.74) is 7.10. The minimum Gasteiger partial charge on any atom is -0.461 e. The van der Waals surface area contributed by atoms with E-state index in [1.54, 1.807) is 12.1 Å². The standard InChI is InChI=1S/C13H15Cl2N5O/c1-6(2)21-13-19-11(16)18-12(20-13)17-10-5-8(14)7(3)4-9(10)15/h4-6H,1-3H3,(H3,16,17,18,19,20). The van der Waals surface area contributed by atoms with Crippen LogP contribution in [0.15, 0.2) is 12.1 Å². The number of benzene rings is 1. The van der Waals surface area contributed by atoms with E-state index >= 15 is 0 Å². The molecule has 1 aromatic carbocycles. The first-order valence-electron chi connectivity index (χ1n) is 6.26. The molecular weight excluding hydrogens is 313 g/mol. The number of nitrogens with one attached hydrogen (secondary N) is 1. The first-order chi connectivity index (χ1) is 9.85. The Balaban J connectivity index is 2.31. The molecule has 3 N–H and O–H groups in total. The fourth-order valence-electron chi connectivity index (χ4n) is 1.55. The van der Waals surface area contributed by atoms with Gasteiger partial charge in [0.25, 0.3) is 0 Å². The number of ether oxygens (including phenoxy) is 1. The molecule has 2 aromatic rings. The molecule has 0 bridgehead atoms. The van der Waals surface area contributed by atoms with Crippen molar-refractivity contribution in [2.24, 2.45) is 0 Å². The van der Waals surface area contributed by atoms with E-state index in [1.165, 1.54) is 0 Å². The average Bonchev–Trinajstić information content (AvgIpc) is 2.34. The fraction of sp³-hybridized carbons (Fsp3) is 0.308. The number of nitrogens with zero attached hydrogens (tertiary/aromatic N) is 3. The third-order valence-corrected chi connectivity index (χ3v) is 3.19. The van der Waals surface area contributed by atoms with Crippen LogP contribution in [0.1, 0.15) is 19.4 Å². The third kappa shape index (κ3) is 4.09. The lowest BCUT2D eigenvalue weighted by Crippen LogP contribution is -2.11. The summed E-state index contributed by atoms with van der Waals surface area (Å²) in [5.74, 6) is 0.289. The lowest BCUT2D eigenvalue weighted by atomic mass is 10.2. The minimum absolute atomic E-state index is 0.0532. The van der Waals surface area contributed by atoms with Crippen LogP contribution in [-0.4, -0.2) is 21.1 Å². The van der Waals surface area contributed by atoms with E-state index in [-0.39, 0.29) is 24.0 Å². The number of rotatable bonds is 4. The van der Waals surface area contributed by atoms with Gasteiger partial charge in [-0.1, -0.05) is 23.2 Å². The molecule has 112 valence electrons. The van der Waals surface area contributed by atoms with Gasteiger partial charge >= 0.3 is 6.01 Å². The van der Waals surface area contributed by atoms with Crippen molar-refractivity contribution in [2.45, 2.75) is 26.9 Å². The second-order valence-corrected chi connectivity index (χ2v) is 5.49. The van der Waals surface area contributed by atoms with Gasteiger partial charge in [-0.05, 0) is 38.5 Å². The molecular formula is C13H15Cl2N5O. The second kappa shape index (κ2) is 6.32. The molecule has 0 amide bonds. The Morgan fingerprint density at radius 3 is 2.52 bits per heavy atom. The number of nitrogen functional groups attached to an aromatic ring is 1. The summed E-state index contributed by atoms with van der Waals surface area (Å²) in [5, 5.41) is 4.04. The molecule has 0 atom stereocenters. The molecule has 0 spiro atoms. The lowest BCUT2D eigenvalue weighted by Gasteiger charge is -2.11. The Morgan fingerprint density at radius 2 is 1.86 bits per heavy atom. The van der Waals surface area contributed by atoms with Crippen LogP contribution in [0, 0.1) is 6.92 Å². The van der Waals surface area contributed by atoms with Crippen LogP contribution in [0.4, 0.5) is 17.6 Å². The fourth-order valence-corrected chi connectivity index (χ4v) is 1.98. The van der Waals surface area contributed by atoms with E-state index in [2.05, 4.69) is 20.3 Å². The summed E-state index contributed by atoms with van der Waals surface area (Å²) in [6.45, 7) is 5.60. The largest absolute Gasteiger partial charge is 0.461 e. The van der Waals surface area contributed by atoms with Gasteiger partial charge in [0.05, 0.1) is 16.8 Å². The van der Waals surface area contributed by atoms with E-state index in [9.17, 15) is 0 Å². The molecule has 8 heteroatoms. The summed E-state index contributed by atoms with van der Waals surface area (Å²) < 4.78 is 5.41. The molecule has 1 aromatic heterocycles. The molecule has 0 unspecified atom stereocenters. The van der Waals surface area contributed by atoms with Gasteiger partial charge in [-0.15, -0.1) is 0 Å². The molecule has 6 nitrogen and oxygen atoms in total. The Bertz CT molecular complexity index is 663. The van der Waals surface area contributed by atoms with Crippen LogP contribution in [-0.2, 0) is 0 Å². The number of hydrogen-bond donors (Lipinski definition) is 2. The number of nitrogens with two attached hydrogens (primary N) is 1. The van der Waals surface area contributed by atoms with Gasteiger partial charge in [-0.3, -0.25) is 0 Å². The quantitative estimate of drug-likeness (QED) is 0.892. The van der Waals surface area contributed by atoms with Crippen LogP contribution in [0.25, 0.3) is 0 Å². The molecule has 1 heterocycles. The zero-order valence-electron chi connectivity index (χ0n) is 11.8. The zero-order chi connectivity index (χ0) is 15.6. The van der Waals surface area contributed by atoms with E-state index < -0.39 is 0 Å². The van der Waals surface area contributed by atoms with Crippen molar-refractivity contribution in [1.29, 1.82) is 0 Å². The first kappa shape index (κ1) is 15.6. The van der Waals surface area contributed by atoms with Gasteiger partial charge in [-0.2, -0.15) is 15.0 Å². The highest BCUT2D eigenvalue weighted by atomic mass is 35.5. The smallest absolute Gasteiger partial charge is 0.323 e. The predicted octanol–water partition coefficient (Wildman–Crippen LogP) is 3.60. The van der Waals surface area contributed by atoms with Gasteiger partial charge < -0.3 is 15.8 Å². The van der Waals surface area contributed by atoms with Crippen LogP contribution < -0.4 is 15.8 Å². The van der Waals surface area contributed by atoms with Crippen molar-refractivity contribution in [3.63, 3.8) is 0 Å². The summed E-state index contributed by atoms with van der Waals surface area (Å²) >= 11 is 12.2. The maximum atomic E-state index is 6.16. The van der Waals surface area contributed by atoms with Crippen molar-refractivity contribution >= 4 is 40.8 Å². The molecule has 2 rings (SSSR count). The van der Waals surface area contributed by atoms with Crippen LogP contribution in [0.2, 0.25) is 10.0 Å². The van der Waals surface area contributed by atoms with E-state index in [0.29, 0.717) is 15.7 Å². The highest BCUT2D eigenvalue weighted by Gasteiger charge is 2.10. The van der Waals surface area contributed by atoms with E-state index in [1.807, 2.05) is 20.8 Å². The first-order valence-corrected chi connectivity index (χ1v) is 7.01. The molecule has 0 saturated carbocycles. The molecule has 0 aliphatic heterocycles. The Labute approximate surface area is 132 Å². The van der Waals surface area contributed by atoms with Crippen molar-refractivity contribution in [3.05, 3.63) is 27.7 Å². The number of hydrogen-bond acceptors (Lipinski definition) is 6. The van der Waals surface area contributed by atoms with Crippen molar-refractivity contribution in [2.75, 3.05) is 11.1 Å². The highest BCUT2D eigenvalue weighted by molar-refractivity contribution is 6.35. The summed E-state index contributed by atoms with van der Waals surface area (Å²) in [6.07, 6.45) is -0.0722. The topological polar surface area (TPSA) is 86.0 Å². The van der Waals surface area contributed by atoms with Crippen molar-refractivity contribution < 1.29 is 4.74 Å². The van der Waals surface area contributed by atoms with Gasteiger partial charge in [0, 0.05) is 5.02 Å². The number of aromatic nitrogens is 3. The maximum Gasteiger partial charge on any atom is 0.323 e. The lowest BCUT2D eigenvalue weighted by molar-refractivity contribution is 0.222. The summed E-state index contributed by atoms with van der Waals surface area (Å²) in [7, 11) is 0. The van der Waals surface area contributed by atoms with Crippen LogP contribution in [0.5, 0.6) is 6.01 Å². The monoisotopic (exact) mass is 327 g/mol. The van der Waals surface area contributed by atoms with Gasteiger partial charge in [-0.25, -0.2) is 0 Å². The van der Waals surface area contributed by atoms with E-state index in [0.717, 1.165) is 5.56 Å². The van der Waals surface area contributed by atoms with Gasteiger partial charge in [0.1, 0.15) is 0 Å². The molecule has 0 radical (unpaired) electrons. The Morgan fingerprint density at radius 1 is 1.14 bits per heavy atom. The minimum atomic E-state index is -0.0722. The third-order valence-electron chi connectivity index (χ3n) is 2.47. The molecule has 0 saturated heterocycles.